The van der Waals surface area contributed by atoms with Gasteiger partial charge in [-0.15, -0.1) is 0 Å². The summed E-state index contributed by atoms with van der Waals surface area (Å²) >= 11 is 0. The molecule has 0 saturated carbocycles. The first kappa shape index (κ1) is 14.1. The van der Waals surface area contributed by atoms with E-state index in [1.165, 1.54) is 0 Å². The number of para-hydroxylation sites is 1. The number of rotatable bonds is 4. The van der Waals surface area contributed by atoms with Crippen LogP contribution in [-0.4, -0.2) is 33.3 Å². The predicted molar refractivity (Wildman–Crippen MR) is 84.1 cm³/mol. The molecule has 0 radical (unpaired) electrons. The summed E-state index contributed by atoms with van der Waals surface area (Å²) in [5.74, 6) is 1.33. The molecule has 0 aliphatic heterocycles. The highest BCUT2D eigenvalue weighted by atomic mass is 16.5. The predicted octanol–water partition coefficient (Wildman–Crippen LogP) is 2.61. The van der Waals surface area contributed by atoms with Crippen LogP contribution in [0.5, 0.6) is 5.75 Å². The van der Waals surface area contributed by atoms with E-state index in [4.69, 9.17) is 4.74 Å². The maximum absolute atomic E-state index is 5.35. The molecule has 0 amide bonds. The van der Waals surface area contributed by atoms with Crippen molar-refractivity contribution in [2.75, 3.05) is 7.11 Å². The van der Waals surface area contributed by atoms with Crippen LogP contribution in [0.1, 0.15) is 24.4 Å². The SMILES string of the molecule is COc1ccccc1C(C)N=Cc1ncc2nccnc2n1. The summed E-state index contributed by atoms with van der Waals surface area (Å²) < 4.78 is 5.35. The Morgan fingerprint density at radius 2 is 1.95 bits per heavy atom. The number of aliphatic imine (C=N–C) groups is 1. The minimum absolute atomic E-state index is 0.0581. The van der Waals surface area contributed by atoms with Gasteiger partial charge in [-0.2, -0.15) is 0 Å². The number of methoxy groups -OCH3 is 1. The van der Waals surface area contributed by atoms with Crippen LogP contribution in [0.3, 0.4) is 0 Å². The van der Waals surface area contributed by atoms with Gasteiger partial charge in [0.2, 0.25) is 0 Å². The highest BCUT2D eigenvalue weighted by Gasteiger charge is 2.09. The third kappa shape index (κ3) is 2.90. The number of hydrogen-bond acceptors (Lipinski definition) is 6. The molecule has 6 heteroatoms. The van der Waals surface area contributed by atoms with Gasteiger partial charge in [0.15, 0.2) is 11.5 Å². The average molecular weight is 293 g/mol. The van der Waals surface area contributed by atoms with Crippen molar-refractivity contribution in [3.63, 3.8) is 0 Å². The first-order valence-corrected chi connectivity index (χ1v) is 6.88. The first-order chi connectivity index (χ1) is 10.8. The number of nitrogens with zero attached hydrogens (tertiary/aromatic N) is 5. The standard InChI is InChI=1S/C16H15N5O/c1-11(12-5-3-4-6-14(12)22-2)19-10-15-20-9-13-16(21-15)18-8-7-17-13/h3-11H,1-2H3. The van der Waals surface area contributed by atoms with Gasteiger partial charge < -0.3 is 4.74 Å². The lowest BCUT2D eigenvalue weighted by Gasteiger charge is -2.11. The Bertz CT molecular complexity index is 818. The molecule has 22 heavy (non-hydrogen) atoms. The molecule has 1 atom stereocenters. The fourth-order valence-electron chi connectivity index (χ4n) is 2.12. The van der Waals surface area contributed by atoms with Crippen molar-refractivity contribution < 1.29 is 4.74 Å². The highest BCUT2D eigenvalue weighted by Crippen LogP contribution is 2.26. The third-order valence-electron chi connectivity index (χ3n) is 3.25. The normalized spacial score (nSPS) is 12.6. The molecule has 3 aromatic rings. The van der Waals surface area contributed by atoms with E-state index >= 15 is 0 Å². The highest BCUT2D eigenvalue weighted by molar-refractivity contribution is 5.78. The maximum atomic E-state index is 5.35. The number of ether oxygens (including phenoxy) is 1. The van der Waals surface area contributed by atoms with Crippen LogP contribution in [-0.2, 0) is 0 Å². The molecule has 3 rings (SSSR count). The molecule has 0 saturated heterocycles. The van der Waals surface area contributed by atoms with Crippen LogP contribution in [0.15, 0.2) is 47.8 Å². The Morgan fingerprint density at radius 3 is 2.82 bits per heavy atom. The number of fused-ring (bicyclic) bond motifs is 1. The molecule has 0 bridgehead atoms. The topological polar surface area (TPSA) is 73.2 Å². The van der Waals surface area contributed by atoms with Crippen molar-refractivity contribution >= 4 is 17.4 Å². The Hall–Kier alpha value is -2.89. The van der Waals surface area contributed by atoms with Crippen molar-refractivity contribution in [3.05, 3.63) is 54.2 Å². The molecule has 6 nitrogen and oxygen atoms in total. The minimum Gasteiger partial charge on any atom is -0.496 e. The van der Waals surface area contributed by atoms with E-state index < -0.39 is 0 Å². The van der Waals surface area contributed by atoms with E-state index in [1.54, 1.807) is 31.9 Å². The molecular formula is C16H15N5O. The molecule has 110 valence electrons. The lowest BCUT2D eigenvalue weighted by molar-refractivity contribution is 0.407. The maximum Gasteiger partial charge on any atom is 0.181 e. The zero-order valence-corrected chi connectivity index (χ0v) is 12.3. The zero-order valence-electron chi connectivity index (χ0n) is 12.3. The summed E-state index contributed by atoms with van der Waals surface area (Å²) in [5.41, 5.74) is 2.24. The van der Waals surface area contributed by atoms with Crippen molar-refractivity contribution in [2.24, 2.45) is 4.99 Å². The Morgan fingerprint density at radius 1 is 1.14 bits per heavy atom. The minimum atomic E-state index is -0.0581. The molecule has 0 spiro atoms. The molecule has 1 aromatic carbocycles. The Kier molecular flexibility index (Phi) is 4.00. The number of benzene rings is 1. The van der Waals surface area contributed by atoms with Crippen LogP contribution >= 0.6 is 0 Å². The molecule has 0 aliphatic rings. The van der Waals surface area contributed by atoms with Gasteiger partial charge in [-0.25, -0.2) is 19.9 Å². The summed E-state index contributed by atoms with van der Waals surface area (Å²) in [6.45, 7) is 2.00. The summed E-state index contributed by atoms with van der Waals surface area (Å²) in [6, 6.07) is 7.75. The van der Waals surface area contributed by atoms with Gasteiger partial charge >= 0.3 is 0 Å². The fourth-order valence-corrected chi connectivity index (χ4v) is 2.12. The second-order valence-corrected chi connectivity index (χ2v) is 4.69. The molecule has 0 fully saturated rings. The lowest BCUT2D eigenvalue weighted by atomic mass is 10.1. The van der Waals surface area contributed by atoms with Crippen LogP contribution in [0, 0.1) is 0 Å². The smallest absolute Gasteiger partial charge is 0.181 e. The van der Waals surface area contributed by atoms with Crippen LogP contribution in [0.4, 0.5) is 0 Å². The molecule has 2 heterocycles. The Balaban J connectivity index is 1.85. The van der Waals surface area contributed by atoms with E-state index in [0.29, 0.717) is 17.0 Å². The van der Waals surface area contributed by atoms with Gasteiger partial charge in [0.05, 0.1) is 25.6 Å². The molecule has 0 aliphatic carbocycles. The molecule has 1 unspecified atom stereocenters. The Labute approximate surface area is 128 Å². The first-order valence-electron chi connectivity index (χ1n) is 6.88. The van der Waals surface area contributed by atoms with E-state index in [0.717, 1.165) is 11.3 Å². The third-order valence-corrected chi connectivity index (χ3v) is 3.25. The van der Waals surface area contributed by atoms with Crippen LogP contribution < -0.4 is 4.74 Å². The van der Waals surface area contributed by atoms with Gasteiger partial charge in [0.25, 0.3) is 0 Å². The van der Waals surface area contributed by atoms with Crippen LogP contribution in [0.25, 0.3) is 11.2 Å². The van der Waals surface area contributed by atoms with Crippen molar-refractivity contribution in [1.29, 1.82) is 0 Å². The van der Waals surface area contributed by atoms with Crippen LogP contribution in [0.2, 0.25) is 0 Å². The fraction of sp³-hybridized carbons (Fsp3) is 0.188. The molecular weight excluding hydrogens is 278 g/mol. The second-order valence-electron chi connectivity index (χ2n) is 4.69. The summed E-state index contributed by atoms with van der Waals surface area (Å²) in [7, 11) is 1.65. The largest absolute Gasteiger partial charge is 0.496 e. The van der Waals surface area contributed by atoms with E-state index in [2.05, 4.69) is 24.9 Å². The lowest BCUT2D eigenvalue weighted by Crippen LogP contribution is -1.99. The van der Waals surface area contributed by atoms with Crippen molar-refractivity contribution in [1.82, 2.24) is 19.9 Å². The van der Waals surface area contributed by atoms with Gasteiger partial charge in [0.1, 0.15) is 11.3 Å². The summed E-state index contributed by atoms with van der Waals surface area (Å²) in [6.07, 6.45) is 6.51. The van der Waals surface area contributed by atoms with Crippen molar-refractivity contribution in [2.45, 2.75) is 13.0 Å². The summed E-state index contributed by atoms with van der Waals surface area (Å²) in [4.78, 5) is 21.3. The van der Waals surface area contributed by atoms with E-state index in [9.17, 15) is 0 Å². The monoisotopic (exact) mass is 293 g/mol. The van der Waals surface area contributed by atoms with E-state index in [1.807, 2.05) is 31.2 Å². The zero-order chi connectivity index (χ0) is 15.4. The summed E-state index contributed by atoms with van der Waals surface area (Å²) in [5, 5.41) is 0. The van der Waals surface area contributed by atoms with E-state index in [-0.39, 0.29) is 6.04 Å². The second kappa shape index (κ2) is 6.26. The van der Waals surface area contributed by atoms with Crippen molar-refractivity contribution in [3.8, 4) is 5.75 Å². The van der Waals surface area contributed by atoms with Gasteiger partial charge in [-0.05, 0) is 13.0 Å². The molecule has 0 N–H and O–H groups in total. The van der Waals surface area contributed by atoms with Gasteiger partial charge in [-0.1, -0.05) is 18.2 Å². The number of aromatic nitrogens is 4. The van der Waals surface area contributed by atoms with Gasteiger partial charge in [0, 0.05) is 18.0 Å². The molecule has 2 aromatic heterocycles. The quantitative estimate of drug-likeness (QED) is 0.691. The van der Waals surface area contributed by atoms with Gasteiger partial charge in [-0.3, -0.25) is 4.99 Å². The number of hydrogen-bond donors (Lipinski definition) is 0. The average Bonchev–Trinajstić information content (AvgIpc) is 2.59.